The van der Waals surface area contributed by atoms with Crippen LogP contribution in [0.4, 0.5) is 4.39 Å². The maximum Gasteiger partial charge on any atom is 0.285 e. The number of methoxy groups -OCH3 is 1. The van der Waals surface area contributed by atoms with Gasteiger partial charge in [-0.3, -0.25) is 15.0 Å². The Morgan fingerprint density at radius 3 is 2.62 bits per heavy atom. The number of nitrogens with zero attached hydrogens (tertiary/aromatic N) is 1. The maximum atomic E-state index is 13.0. The van der Waals surface area contributed by atoms with Crippen LogP contribution in [0.15, 0.2) is 53.4 Å². The van der Waals surface area contributed by atoms with E-state index in [0.717, 1.165) is 16.8 Å². The van der Waals surface area contributed by atoms with Gasteiger partial charge in [-0.15, -0.1) is 0 Å². The third-order valence-corrected chi connectivity index (χ3v) is 4.83. The summed E-state index contributed by atoms with van der Waals surface area (Å²) in [6.45, 7) is 0. The Kier molecular flexibility index (Phi) is 5.34. The minimum atomic E-state index is -0.512. The minimum Gasteiger partial charge on any atom is -0.496 e. The Hall–Kier alpha value is -2.71. The molecule has 5 nitrogen and oxygen atoms in total. The van der Waals surface area contributed by atoms with Crippen LogP contribution in [-0.4, -0.2) is 28.3 Å². The second-order valence-electron chi connectivity index (χ2n) is 5.21. The van der Waals surface area contributed by atoms with Gasteiger partial charge in [0.15, 0.2) is 4.32 Å². The first kappa shape index (κ1) is 18.1. The van der Waals surface area contributed by atoms with Crippen LogP contribution in [0.1, 0.15) is 15.9 Å². The van der Waals surface area contributed by atoms with Gasteiger partial charge >= 0.3 is 0 Å². The van der Waals surface area contributed by atoms with Crippen LogP contribution < -0.4 is 10.2 Å². The summed E-state index contributed by atoms with van der Waals surface area (Å²) >= 11 is 6.24. The largest absolute Gasteiger partial charge is 0.496 e. The highest BCUT2D eigenvalue weighted by Gasteiger charge is 2.34. The van der Waals surface area contributed by atoms with E-state index in [9.17, 15) is 14.0 Å². The number of hydrogen-bond donors (Lipinski definition) is 1. The summed E-state index contributed by atoms with van der Waals surface area (Å²) in [6, 6.07) is 12.4. The lowest BCUT2D eigenvalue weighted by Gasteiger charge is -2.16. The molecule has 2 amide bonds. The van der Waals surface area contributed by atoms with Crippen molar-refractivity contribution in [2.45, 2.75) is 0 Å². The Bertz CT molecular complexity index is 913. The molecule has 1 aliphatic rings. The predicted molar refractivity (Wildman–Crippen MR) is 102 cm³/mol. The highest BCUT2D eigenvalue weighted by Crippen LogP contribution is 2.31. The van der Waals surface area contributed by atoms with Gasteiger partial charge < -0.3 is 4.74 Å². The molecule has 0 unspecified atom stereocenters. The molecule has 0 aliphatic carbocycles. The van der Waals surface area contributed by atoms with Crippen LogP contribution >= 0.6 is 24.0 Å². The molecule has 0 saturated carbocycles. The number of amides is 2. The van der Waals surface area contributed by atoms with Crippen molar-refractivity contribution in [3.05, 3.63) is 70.4 Å². The van der Waals surface area contributed by atoms with E-state index in [1.807, 2.05) is 0 Å². The maximum absolute atomic E-state index is 13.0. The molecule has 0 bridgehead atoms. The van der Waals surface area contributed by atoms with Gasteiger partial charge in [-0.25, -0.2) is 4.39 Å². The van der Waals surface area contributed by atoms with Gasteiger partial charge in [0.1, 0.15) is 11.6 Å². The standard InChI is InChI=1S/C18H13FN2O3S2/c1-24-14-5-3-2-4-13(14)16(22)20-21-17(23)15(26-18(21)25)10-11-6-8-12(19)9-7-11/h2-10H,1H3,(H,20,22)/b15-10-. The molecule has 0 aromatic heterocycles. The van der Waals surface area contributed by atoms with Crippen LogP contribution in [0.5, 0.6) is 5.75 Å². The molecule has 1 saturated heterocycles. The molecule has 0 radical (unpaired) electrons. The fraction of sp³-hybridized carbons (Fsp3) is 0.0556. The van der Waals surface area contributed by atoms with Crippen molar-refractivity contribution < 1.29 is 18.7 Å². The van der Waals surface area contributed by atoms with E-state index < -0.39 is 11.8 Å². The number of halogens is 1. The first-order chi connectivity index (χ1) is 12.5. The Balaban J connectivity index is 1.79. The molecular formula is C18H13FN2O3S2. The number of rotatable bonds is 4. The number of hydrazine groups is 1. The smallest absolute Gasteiger partial charge is 0.285 e. The first-order valence-corrected chi connectivity index (χ1v) is 8.69. The van der Waals surface area contributed by atoms with Gasteiger partial charge in [0.2, 0.25) is 0 Å². The Labute approximate surface area is 158 Å². The number of para-hydroxylation sites is 1. The number of thiocarbonyl (C=S) groups is 1. The molecule has 0 spiro atoms. The van der Waals surface area contributed by atoms with Crippen molar-refractivity contribution in [3.8, 4) is 5.75 Å². The van der Waals surface area contributed by atoms with Gasteiger partial charge in [0.05, 0.1) is 17.6 Å². The number of ether oxygens (including phenoxy) is 1. The number of nitrogens with one attached hydrogen (secondary N) is 1. The minimum absolute atomic E-state index is 0.201. The summed E-state index contributed by atoms with van der Waals surface area (Å²) in [5, 5.41) is 1.02. The van der Waals surface area contributed by atoms with E-state index >= 15 is 0 Å². The molecule has 1 fully saturated rings. The zero-order valence-electron chi connectivity index (χ0n) is 13.6. The fourth-order valence-electron chi connectivity index (χ4n) is 2.27. The van der Waals surface area contributed by atoms with E-state index in [2.05, 4.69) is 5.43 Å². The summed E-state index contributed by atoms with van der Waals surface area (Å²) in [7, 11) is 1.46. The summed E-state index contributed by atoms with van der Waals surface area (Å²) in [5.41, 5.74) is 3.44. The van der Waals surface area contributed by atoms with Crippen LogP contribution in [0.2, 0.25) is 0 Å². The monoisotopic (exact) mass is 388 g/mol. The molecule has 8 heteroatoms. The van der Waals surface area contributed by atoms with Crippen LogP contribution in [0, 0.1) is 5.82 Å². The summed E-state index contributed by atoms with van der Waals surface area (Å²) in [4.78, 5) is 25.3. The topological polar surface area (TPSA) is 58.6 Å². The molecule has 26 heavy (non-hydrogen) atoms. The first-order valence-electron chi connectivity index (χ1n) is 7.47. The van der Waals surface area contributed by atoms with Crippen molar-refractivity contribution in [2.75, 3.05) is 7.11 Å². The number of carbonyl (C=O) groups is 2. The molecule has 2 aromatic rings. The van der Waals surface area contributed by atoms with Crippen LogP contribution in [0.25, 0.3) is 6.08 Å². The van der Waals surface area contributed by atoms with Crippen molar-refractivity contribution in [3.63, 3.8) is 0 Å². The fourth-order valence-corrected chi connectivity index (χ4v) is 3.45. The number of carbonyl (C=O) groups excluding carboxylic acids is 2. The highest BCUT2D eigenvalue weighted by atomic mass is 32.2. The van der Waals surface area contributed by atoms with Gasteiger partial charge in [0.25, 0.3) is 11.8 Å². The zero-order valence-corrected chi connectivity index (χ0v) is 15.2. The normalized spacial score (nSPS) is 15.5. The van der Waals surface area contributed by atoms with Crippen LogP contribution in [-0.2, 0) is 4.79 Å². The molecule has 0 atom stereocenters. The molecule has 3 rings (SSSR count). The summed E-state index contributed by atoms with van der Waals surface area (Å²) < 4.78 is 18.3. The third kappa shape index (κ3) is 3.76. The van der Waals surface area contributed by atoms with Gasteiger partial charge in [-0.2, -0.15) is 5.01 Å². The third-order valence-electron chi connectivity index (χ3n) is 3.53. The lowest BCUT2D eigenvalue weighted by molar-refractivity contribution is -0.123. The highest BCUT2D eigenvalue weighted by molar-refractivity contribution is 8.26. The summed E-state index contributed by atoms with van der Waals surface area (Å²) in [5.74, 6) is -0.939. The average molecular weight is 388 g/mol. The number of hydrogen-bond acceptors (Lipinski definition) is 5. The average Bonchev–Trinajstić information content (AvgIpc) is 2.91. The summed E-state index contributed by atoms with van der Waals surface area (Å²) in [6.07, 6.45) is 1.59. The lowest BCUT2D eigenvalue weighted by atomic mass is 10.2. The van der Waals surface area contributed by atoms with Gasteiger partial charge in [0, 0.05) is 0 Å². The second-order valence-corrected chi connectivity index (χ2v) is 6.89. The lowest BCUT2D eigenvalue weighted by Crippen LogP contribution is -2.44. The zero-order chi connectivity index (χ0) is 18.7. The van der Waals surface area contributed by atoms with Gasteiger partial charge in [-0.1, -0.05) is 36.0 Å². The Morgan fingerprint density at radius 2 is 1.92 bits per heavy atom. The van der Waals surface area contributed by atoms with E-state index in [-0.39, 0.29) is 15.7 Å². The van der Waals surface area contributed by atoms with E-state index in [4.69, 9.17) is 17.0 Å². The number of thioether (sulfide) groups is 1. The van der Waals surface area contributed by atoms with Crippen molar-refractivity contribution in [1.82, 2.24) is 10.4 Å². The molecule has 1 N–H and O–H groups in total. The van der Waals surface area contributed by atoms with Crippen molar-refractivity contribution >= 4 is 46.2 Å². The molecule has 132 valence electrons. The molecule has 1 aliphatic heterocycles. The number of benzene rings is 2. The van der Waals surface area contributed by atoms with Gasteiger partial charge in [-0.05, 0) is 48.1 Å². The SMILES string of the molecule is COc1ccccc1C(=O)NN1C(=O)/C(=C/c2ccc(F)cc2)SC1=S. The predicted octanol–water partition coefficient (Wildman–Crippen LogP) is 3.38. The van der Waals surface area contributed by atoms with E-state index in [1.165, 1.54) is 19.2 Å². The van der Waals surface area contributed by atoms with Crippen molar-refractivity contribution in [1.29, 1.82) is 0 Å². The quantitative estimate of drug-likeness (QED) is 0.643. The van der Waals surface area contributed by atoms with Crippen molar-refractivity contribution in [2.24, 2.45) is 0 Å². The van der Waals surface area contributed by atoms with Crippen LogP contribution in [0.3, 0.4) is 0 Å². The molecule has 1 heterocycles. The Morgan fingerprint density at radius 1 is 1.23 bits per heavy atom. The molecule has 2 aromatic carbocycles. The van der Waals surface area contributed by atoms with E-state index in [0.29, 0.717) is 16.2 Å². The molecular weight excluding hydrogens is 375 g/mol. The van der Waals surface area contributed by atoms with E-state index in [1.54, 1.807) is 42.5 Å². The second kappa shape index (κ2) is 7.67.